The second-order valence-electron chi connectivity index (χ2n) is 6.38. The molecule has 0 atom stereocenters. The van der Waals surface area contributed by atoms with Gasteiger partial charge in [-0.05, 0) is 42.5 Å². The zero-order valence-corrected chi connectivity index (χ0v) is 18.1. The number of hydrogen-bond donors (Lipinski definition) is 0. The molecule has 0 aliphatic carbocycles. The molecule has 5 aromatic rings. The van der Waals surface area contributed by atoms with E-state index >= 15 is 0 Å². The average Bonchev–Trinajstić information content (AvgIpc) is 3.40. The first-order chi connectivity index (χ1) is 14.5. The Kier molecular flexibility index (Phi) is 4.87. The molecule has 0 spiro atoms. The fourth-order valence-corrected chi connectivity index (χ4v) is 4.55. The van der Waals surface area contributed by atoms with Crippen LogP contribution in [0.15, 0.2) is 63.8 Å². The number of rotatable bonds is 3. The van der Waals surface area contributed by atoms with Crippen LogP contribution in [0.25, 0.3) is 33.7 Å². The summed E-state index contributed by atoms with van der Waals surface area (Å²) in [6.07, 6.45) is 1.67. The summed E-state index contributed by atoms with van der Waals surface area (Å²) in [7, 11) is 0. The molecule has 0 amide bonds. The van der Waals surface area contributed by atoms with E-state index in [4.69, 9.17) is 39.2 Å². The average molecular weight is 475 g/mol. The van der Waals surface area contributed by atoms with Gasteiger partial charge in [-0.2, -0.15) is 9.50 Å². The van der Waals surface area contributed by atoms with E-state index < -0.39 is 0 Å². The van der Waals surface area contributed by atoms with E-state index in [1.54, 1.807) is 36.4 Å². The normalized spacial score (nSPS) is 12.2. The van der Waals surface area contributed by atoms with Gasteiger partial charge < -0.3 is 4.42 Å². The van der Waals surface area contributed by atoms with Gasteiger partial charge in [0, 0.05) is 27.2 Å². The van der Waals surface area contributed by atoms with Gasteiger partial charge in [0.05, 0.1) is 5.02 Å². The lowest BCUT2D eigenvalue weighted by atomic mass is 10.2. The number of halogens is 3. The van der Waals surface area contributed by atoms with Gasteiger partial charge in [0.15, 0.2) is 5.82 Å². The SMILES string of the molecule is O=c1/c(=C/c2ccc(-c3cccc(Cl)c3)o2)sc2nc(-c3ccc(Cl)cc3Cl)nn12. The van der Waals surface area contributed by atoms with Crippen LogP contribution in [-0.4, -0.2) is 14.6 Å². The van der Waals surface area contributed by atoms with Gasteiger partial charge in [-0.3, -0.25) is 4.79 Å². The van der Waals surface area contributed by atoms with Crippen LogP contribution in [0, 0.1) is 0 Å². The predicted octanol–water partition coefficient (Wildman–Crippen LogP) is 5.59. The molecule has 3 aromatic heterocycles. The number of benzene rings is 2. The Bertz CT molecular complexity index is 1520. The number of aromatic nitrogens is 3. The summed E-state index contributed by atoms with van der Waals surface area (Å²) in [5, 5.41) is 5.87. The van der Waals surface area contributed by atoms with E-state index in [1.165, 1.54) is 15.9 Å². The monoisotopic (exact) mass is 473 g/mol. The van der Waals surface area contributed by atoms with Gasteiger partial charge in [0.1, 0.15) is 16.1 Å². The van der Waals surface area contributed by atoms with Crippen LogP contribution in [0.2, 0.25) is 15.1 Å². The standard InChI is InChI=1S/C21H10Cl3N3O2S/c22-12-3-1-2-11(8-12)17-7-5-14(29-17)10-18-20(28)27-21(30-18)25-19(26-27)15-6-4-13(23)9-16(15)24/h1-10H/b18-10-. The smallest absolute Gasteiger partial charge is 0.291 e. The van der Waals surface area contributed by atoms with Crippen LogP contribution >= 0.6 is 46.1 Å². The van der Waals surface area contributed by atoms with Crippen molar-refractivity contribution >= 4 is 57.2 Å². The van der Waals surface area contributed by atoms with Crippen molar-refractivity contribution in [3.8, 4) is 22.7 Å². The topological polar surface area (TPSA) is 60.4 Å². The van der Waals surface area contributed by atoms with E-state index in [-0.39, 0.29) is 5.56 Å². The third-order valence-corrected chi connectivity index (χ3v) is 6.11. The van der Waals surface area contributed by atoms with Gasteiger partial charge in [-0.25, -0.2) is 0 Å². The van der Waals surface area contributed by atoms with Crippen LogP contribution in [0.4, 0.5) is 0 Å². The molecule has 0 saturated heterocycles. The molecule has 0 aliphatic heterocycles. The molecule has 148 valence electrons. The maximum atomic E-state index is 12.8. The lowest BCUT2D eigenvalue weighted by molar-refractivity contribution is 0.571. The Labute approximate surface area is 188 Å². The van der Waals surface area contributed by atoms with Gasteiger partial charge in [0.25, 0.3) is 5.56 Å². The highest BCUT2D eigenvalue weighted by molar-refractivity contribution is 7.15. The van der Waals surface area contributed by atoms with E-state index in [0.29, 0.717) is 47.5 Å². The first-order valence-electron chi connectivity index (χ1n) is 8.70. The van der Waals surface area contributed by atoms with Crippen LogP contribution < -0.4 is 10.1 Å². The van der Waals surface area contributed by atoms with Crippen LogP contribution in [0.1, 0.15) is 5.76 Å². The van der Waals surface area contributed by atoms with Gasteiger partial charge in [0.2, 0.25) is 4.96 Å². The summed E-state index contributed by atoms with van der Waals surface area (Å²) in [5.74, 6) is 1.58. The first kappa shape index (κ1) is 19.3. The molecule has 0 saturated carbocycles. The second-order valence-corrected chi connectivity index (χ2v) is 8.67. The molecule has 2 aromatic carbocycles. The fourth-order valence-electron chi connectivity index (χ4n) is 2.98. The van der Waals surface area contributed by atoms with E-state index in [1.807, 2.05) is 24.3 Å². The van der Waals surface area contributed by atoms with Crippen molar-refractivity contribution in [1.82, 2.24) is 14.6 Å². The molecule has 5 rings (SSSR count). The van der Waals surface area contributed by atoms with Crippen LogP contribution in [-0.2, 0) is 0 Å². The zero-order chi connectivity index (χ0) is 20.8. The number of hydrogen-bond acceptors (Lipinski definition) is 5. The molecule has 5 nitrogen and oxygen atoms in total. The maximum Gasteiger partial charge on any atom is 0.291 e. The molecule has 0 fully saturated rings. The van der Waals surface area contributed by atoms with Crippen molar-refractivity contribution in [1.29, 1.82) is 0 Å². The molecular formula is C21H10Cl3N3O2S. The Morgan fingerprint density at radius 1 is 1.00 bits per heavy atom. The van der Waals surface area contributed by atoms with Crippen molar-refractivity contribution in [2.24, 2.45) is 0 Å². The number of thiazole rings is 1. The Morgan fingerprint density at radius 3 is 2.60 bits per heavy atom. The van der Waals surface area contributed by atoms with Gasteiger partial charge >= 0.3 is 0 Å². The summed E-state index contributed by atoms with van der Waals surface area (Å²) in [5.41, 5.74) is 1.19. The second kappa shape index (κ2) is 7.56. The molecule has 0 radical (unpaired) electrons. The van der Waals surface area contributed by atoms with Crippen LogP contribution in [0.5, 0.6) is 0 Å². The minimum Gasteiger partial charge on any atom is -0.457 e. The van der Waals surface area contributed by atoms with Crippen LogP contribution in [0.3, 0.4) is 0 Å². The van der Waals surface area contributed by atoms with E-state index in [9.17, 15) is 4.79 Å². The van der Waals surface area contributed by atoms with Crippen molar-refractivity contribution in [3.05, 3.63) is 90.3 Å². The minimum atomic E-state index is -0.278. The molecule has 0 N–H and O–H groups in total. The van der Waals surface area contributed by atoms with Gasteiger partial charge in [-0.15, -0.1) is 5.10 Å². The summed E-state index contributed by atoms with van der Waals surface area (Å²) in [6, 6.07) is 16.0. The number of fused-ring (bicyclic) bond motifs is 1. The fraction of sp³-hybridized carbons (Fsp3) is 0. The first-order valence-corrected chi connectivity index (χ1v) is 10.7. The minimum absolute atomic E-state index is 0.278. The summed E-state index contributed by atoms with van der Waals surface area (Å²) >= 11 is 19.4. The largest absolute Gasteiger partial charge is 0.457 e. The lowest BCUT2D eigenvalue weighted by Crippen LogP contribution is -2.23. The van der Waals surface area contributed by atoms with Crippen molar-refractivity contribution in [2.75, 3.05) is 0 Å². The molecule has 0 bridgehead atoms. The van der Waals surface area contributed by atoms with Crippen molar-refractivity contribution < 1.29 is 4.42 Å². The molecule has 3 heterocycles. The quantitative estimate of drug-likeness (QED) is 0.342. The zero-order valence-electron chi connectivity index (χ0n) is 15.0. The third kappa shape index (κ3) is 3.52. The van der Waals surface area contributed by atoms with Crippen molar-refractivity contribution in [3.63, 3.8) is 0 Å². The highest BCUT2D eigenvalue weighted by Gasteiger charge is 2.15. The molecule has 0 unspecified atom stereocenters. The lowest BCUT2D eigenvalue weighted by Gasteiger charge is -1.98. The van der Waals surface area contributed by atoms with Crippen molar-refractivity contribution in [2.45, 2.75) is 0 Å². The Balaban J connectivity index is 1.53. The molecule has 9 heteroatoms. The Morgan fingerprint density at radius 2 is 1.83 bits per heavy atom. The highest BCUT2D eigenvalue weighted by atomic mass is 35.5. The van der Waals surface area contributed by atoms with E-state index in [2.05, 4.69) is 10.1 Å². The third-order valence-electron chi connectivity index (χ3n) is 4.36. The van der Waals surface area contributed by atoms with Gasteiger partial charge in [-0.1, -0.05) is 58.3 Å². The Hall–Kier alpha value is -2.64. The molecule has 30 heavy (non-hydrogen) atoms. The summed E-state index contributed by atoms with van der Waals surface area (Å²) < 4.78 is 7.57. The number of furan rings is 1. The molecule has 0 aliphatic rings. The summed E-state index contributed by atoms with van der Waals surface area (Å²) in [4.78, 5) is 17.7. The maximum absolute atomic E-state index is 12.8. The predicted molar refractivity (Wildman–Crippen MR) is 121 cm³/mol. The summed E-state index contributed by atoms with van der Waals surface area (Å²) in [6.45, 7) is 0. The van der Waals surface area contributed by atoms with E-state index in [0.717, 1.165) is 5.56 Å². The molecular weight excluding hydrogens is 465 g/mol. The highest BCUT2D eigenvalue weighted by Crippen LogP contribution is 2.28. The number of nitrogens with zero attached hydrogens (tertiary/aromatic N) is 3.